The fourth-order valence-electron chi connectivity index (χ4n) is 4.29. The number of hydrogen-bond acceptors (Lipinski definition) is 4. The van der Waals surface area contributed by atoms with E-state index in [1.54, 1.807) is 11.8 Å². The highest BCUT2D eigenvalue weighted by Crippen LogP contribution is 2.33. The summed E-state index contributed by atoms with van der Waals surface area (Å²) in [7, 11) is 0. The van der Waals surface area contributed by atoms with E-state index in [0.717, 1.165) is 56.0 Å². The molecule has 1 aromatic rings. The molecule has 0 amide bonds. The number of thioether (sulfide) groups is 1. The molecule has 6 nitrogen and oxygen atoms in total. The average molecular weight is 521 g/mol. The van der Waals surface area contributed by atoms with Gasteiger partial charge < -0.3 is 14.8 Å². The van der Waals surface area contributed by atoms with Gasteiger partial charge in [-0.05, 0) is 44.3 Å². The Bertz CT molecular complexity index is 639. The molecule has 0 unspecified atom stereocenters. The van der Waals surface area contributed by atoms with Crippen molar-refractivity contribution in [2.24, 2.45) is 10.4 Å². The first-order valence-corrected chi connectivity index (χ1v) is 11.8. The number of aliphatic imine (C=N–C) groups is 1. The number of likely N-dealkylation sites (tertiary alicyclic amines) is 1. The Kier molecular flexibility index (Phi) is 9.37. The Labute approximate surface area is 191 Å². The van der Waals surface area contributed by atoms with E-state index in [1.807, 2.05) is 0 Å². The van der Waals surface area contributed by atoms with Gasteiger partial charge in [0, 0.05) is 38.6 Å². The molecule has 1 saturated heterocycles. The van der Waals surface area contributed by atoms with Gasteiger partial charge in [0.2, 0.25) is 0 Å². The van der Waals surface area contributed by atoms with Gasteiger partial charge in [-0.15, -0.1) is 34.2 Å². The molecular weight excluding hydrogens is 483 g/mol. The molecule has 0 bridgehead atoms. The average Bonchev–Trinajstić information content (AvgIpc) is 3.36. The number of nitrogens with zero attached hydrogens (tertiary/aromatic N) is 5. The van der Waals surface area contributed by atoms with E-state index >= 15 is 0 Å². The van der Waals surface area contributed by atoms with Gasteiger partial charge in [0.15, 0.2) is 11.1 Å². The van der Waals surface area contributed by atoms with Gasteiger partial charge in [-0.1, -0.05) is 38.5 Å². The maximum Gasteiger partial charge on any atom is 0.193 e. The highest BCUT2D eigenvalue weighted by atomic mass is 127. The van der Waals surface area contributed by atoms with Crippen LogP contribution in [0.4, 0.5) is 0 Å². The zero-order chi connectivity index (χ0) is 19.3. The second-order valence-electron chi connectivity index (χ2n) is 8.59. The van der Waals surface area contributed by atoms with E-state index in [4.69, 9.17) is 4.99 Å². The third-order valence-electron chi connectivity index (χ3n) is 5.74. The first-order chi connectivity index (χ1) is 13.0. The van der Waals surface area contributed by atoms with Crippen LogP contribution in [0.1, 0.15) is 71.2 Å². The lowest BCUT2D eigenvalue weighted by molar-refractivity contribution is 0.370. The number of rotatable bonds is 7. The van der Waals surface area contributed by atoms with Crippen LogP contribution in [0.15, 0.2) is 10.1 Å². The van der Waals surface area contributed by atoms with E-state index < -0.39 is 0 Å². The van der Waals surface area contributed by atoms with Crippen molar-refractivity contribution in [3.63, 3.8) is 0 Å². The monoisotopic (exact) mass is 520 g/mol. The molecule has 0 spiro atoms. The molecule has 3 rings (SSSR count). The fraction of sp³-hybridized carbons (Fsp3) is 0.850. The topological polar surface area (TPSA) is 58.3 Å². The van der Waals surface area contributed by atoms with E-state index in [0.29, 0.717) is 11.5 Å². The molecular formula is C20H37IN6S. The lowest BCUT2D eigenvalue weighted by Crippen LogP contribution is -2.40. The summed E-state index contributed by atoms with van der Waals surface area (Å²) < 4.78 is 2.41. The molecule has 0 aromatic carbocycles. The molecule has 2 heterocycles. The summed E-state index contributed by atoms with van der Waals surface area (Å²) in [4.78, 5) is 7.31. The summed E-state index contributed by atoms with van der Waals surface area (Å²) in [6.45, 7) is 10.8. The second kappa shape index (κ2) is 11.0. The standard InChI is InChI=1S/C20H36N6S.HI/c1-5-21-18(25-14-12-20(2,3)15-25)22-13-8-11-17-23-24-19(27-4)26(17)16-9-6-7-10-16;/h16H,5-15H2,1-4H3,(H,21,22);1H. The van der Waals surface area contributed by atoms with Crippen LogP contribution in [0.25, 0.3) is 0 Å². The van der Waals surface area contributed by atoms with Crippen molar-refractivity contribution in [2.75, 3.05) is 32.4 Å². The van der Waals surface area contributed by atoms with Gasteiger partial charge >= 0.3 is 0 Å². The zero-order valence-corrected chi connectivity index (χ0v) is 21.1. The molecule has 160 valence electrons. The van der Waals surface area contributed by atoms with Crippen LogP contribution in [-0.2, 0) is 6.42 Å². The number of guanidine groups is 1. The van der Waals surface area contributed by atoms with Crippen LogP contribution >= 0.6 is 35.7 Å². The van der Waals surface area contributed by atoms with E-state index in [9.17, 15) is 0 Å². The number of aromatic nitrogens is 3. The molecule has 0 atom stereocenters. The lowest BCUT2D eigenvalue weighted by Gasteiger charge is -2.23. The van der Waals surface area contributed by atoms with Crippen molar-refractivity contribution in [1.29, 1.82) is 0 Å². The van der Waals surface area contributed by atoms with Gasteiger partial charge in [0.1, 0.15) is 5.82 Å². The van der Waals surface area contributed by atoms with Crippen LogP contribution in [-0.4, -0.2) is 58.1 Å². The first-order valence-electron chi connectivity index (χ1n) is 10.5. The third kappa shape index (κ3) is 6.00. The Morgan fingerprint density at radius 2 is 2.04 bits per heavy atom. The minimum Gasteiger partial charge on any atom is -0.357 e. The summed E-state index contributed by atoms with van der Waals surface area (Å²) >= 11 is 1.72. The predicted octanol–water partition coefficient (Wildman–Crippen LogP) is 4.36. The molecule has 1 saturated carbocycles. The van der Waals surface area contributed by atoms with Crippen molar-refractivity contribution < 1.29 is 0 Å². The normalized spacial score (nSPS) is 19.9. The van der Waals surface area contributed by atoms with E-state index in [1.165, 1.54) is 32.1 Å². The molecule has 1 aliphatic heterocycles. The summed E-state index contributed by atoms with van der Waals surface area (Å²) in [6, 6.07) is 0.602. The Morgan fingerprint density at radius 1 is 1.29 bits per heavy atom. The molecule has 28 heavy (non-hydrogen) atoms. The molecule has 2 fully saturated rings. The number of hydrogen-bond donors (Lipinski definition) is 1. The van der Waals surface area contributed by atoms with Crippen molar-refractivity contribution in [2.45, 2.75) is 76.9 Å². The molecule has 2 aliphatic rings. The van der Waals surface area contributed by atoms with Crippen LogP contribution in [0.2, 0.25) is 0 Å². The van der Waals surface area contributed by atoms with Gasteiger partial charge in [-0.25, -0.2) is 0 Å². The van der Waals surface area contributed by atoms with Crippen molar-refractivity contribution in [3.8, 4) is 0 Å². The SMILES string of the molecule is CCNC(=NCCCc1nnc(SC)n1C1CCCC1)N1CCC(C)(C)C1.I. The zero-order valence-electron chi connectivity index (χ0n) is 17.9. The minimum atomic E-state index is 0. The largest absolute Gasteiger partial charge is 0.357 e. The van der Waals surface area contributed by atoms with Gasteiger partial charge in [0.05, 0.1) is 0 Å². The molecule has 1 aliphatic carbocycles. The van der Waals surface area contributed by atoms with Crippen LogP contribution < -0.4 is 5.32 Å². The maximum absolute atomic E-state index is 4.90. The molecule has 1 N–H and O–H groups in total. The molecule has 8 heteroatoms. The fourth-order valence-corrected chi connectivity index (χ4v) is 4.86. The maximum atomic E-state index is 4.90. The Morgan fingerprint density at radius 3 is 2.64 bits per heavy atom. The number of halogens is 1. The van der Waals surface area contributed by atoms with Crippen LogP contribution in [0.3, 0.4) is 0 Å². The van der Waals surface area contributed by atoms with Gasteiger partial charge in [-0.3, -0.25) is 4.99 Å². The van der Waals surface area contributed by atoms with Gasteiger partial charge in [0.25, 0.3) is 0 Å². The second-order valence-corrected chi connectivity index (χ2v) is 9.36. The third-order valence-corrected chi connectivity index (χ3v) is 6.38. The Balaban J connectivity index is 0.00000280. The minimum absolute atomic E-state index is 0. The van der Waals surface area contributed by atoms with Gasteiger partial charge in [-0.2, -0.15) is 0 Å². The molecule has 1 aromatic heterocycles. The van der Waals surface area contributed by atoms with E-state index in [-0.39, 0.29) is 24.0 Å². The molecule has 0 radical (unpaired) electrons. The summed E-state index contributed by atoms with van der Waals surface area (Å²) in [5.41, 5.74) is 0.391. The van der Waals surface area contributed by atoms with Crippen molar-refractivity contribution >= 4 is 41.7 Å². The Hall–Kier alpha value is -0.510. The first kappa shape index (κ1) is 23.8. The summed E-state index contributed by atoms with van der Waals surface area (Å²) in [5, 5.41) is 13.5. The smallest absolute Gasteiger partial charge is 0.193 e. The number of aryl methyl sites for hydroxylation is 1. The lowest BCUT2D eigenvalue weighted by atomic mass is 9.93. The summed E-state index contributed by atoms with van der Waals surface area (Å²) in [5.74, 6) is 2.22. The van der Waals surface area contributed by atoms with Crippen molar-refractivity contribution in [3.05, 3.63) is 5.82 Å². The van der Waals surface area contributed by atoms with E-state index in [2.05, 4.69) is 52.0 Å². The predicted molar refractivity (Wildman–Crippen MR) is 129 cm³/mol. The quantitative estimate of drug-likeness (QED) is 0.190. The van der Waals surface area contributed by atoms with Crippen molar-refractivity contribution in [1.82, 2.24) is 25.0 Å². The van der Waals surface area contributed by atoms with Crippen LogP contribution in [0, 0.1) is 5.41 Å². The number of nitrogens with one attached hydrogen (secondary N) is 1. The summed E-state index contributed by atoms with van der Waals surface area (Å²) in [6.07, 6.45) is 10.5. The van der Waals surface area contributed by atoms with Crippen LogP contribution in [0.5, 0.6) is 0 Å². The highest BCUT2D eigenvalue weighted by Gasteiger charge is 2.30. The highest BCUT2D eigenvalue weighted by molar-refractivity contribution is 14.0.